The molecular weight excluding hydrogens is 384 g/mol. The van der Waals surface area contributed by atoms with Gasteiger partial charge in [0.25, 0.3) is 5.91 Å². The third-order valence-corrected chi connectivity index (χ3v) is 5.41. The van der Waals surface area contributed by atoms with Gasteiger partial charge in [-0.3, -0.25) is 9.48 Å². The monoisotopic (exact) mass is 404 g/mol. The van der Waals surface area contributed by atoms with Crippen LogP contribution < -0.4 is 0 Å². The number of hydrogen-bond donors (Lipinski definition) is 0. The van der Waals surface area contributed by atoms with Gasteiger partial charge >= 0.3 is 0 Å². The Balaban J connectivity index is 1.48. The summed E-state index contributed by atoms with van der Waals surface area (Å²) < 4.78 is 8.94. The van der Waals surface area contributed by atoms with E-state index in [2.05, 4.69) is 45.1 Å². The second kappa shape index (κ2) is 6.90. The number of carbonyl (C=O) groups excluding carboxylic acids is 1. The highest BCUT2D eigenvalue weighted by Crippen LogP contribution is 2.27. The van der Waals surface area contributed by atoms with Gasteiger partial charge in [-0.1, -0.05) is 28.1 Å². The lowest BCUT2D eigenvalue weighted by Crippen LogP contribution is -2.47. The lowest BCUT2D eigenvalue weighted by molar-refractivity contribution is -0.00123. The van der Waals surface area contributed by atoms with E-state index in [1.165, 1.54) is 0 Å². The maximum atomic E-state index is 12.7. The smallest absolute Gasteiger partial charge is 0.274 e. The number of benzene rings is 1. The summed E-state index contributed by atoms with van der Waals surface area (Å²) in [6.07, 6.45) is -0.0351. The van der Waals surface area contributed by atoms with Crippen molar-refractivity contribution < 1.29 is 9.53 Å². The van der Waals surface area contributed by atoms with Crippen molar-refractivity contribution >= 4 is 21.8 Å². The molecule has 2 aliphatic rings. The number of likely N-dealkylation sites (N-methyl/N-ethyl adjacent to an activating group) is 1. The van der Waals surface area contributed by atoms with Crippen LogP contribution in [0, 0.1) is 0 Å². The van der Waals surface area contributed by atoms with Gasteiger partial charge in [0.1, 0.15) is 6.10 Å². The molecule has 0 saturated carbocycles. The Morgan fingerprint density at radius 1 is 1.20 bits per heavy atom. The van der Waals surface area contributed by atoms with Crippen LogP contribution in [0.5, 0.6) is 0 Å². The van der Waals surface area contributed by atoms with E-state index in [1.54, 1.807) is 0 Å². The Hall–Kier alpha value is -1.70. The van der Waals surface area contributed by atoms with Crippen LogP contribution in [-0.2, 0) is 17.9 Å². The summed E-state index contributed by atoms with van der Waals surface area (Å²) in [5.41, 5.74) is 2.61. The predicted molar refractivity (Wildman–Crippen MR) is 97.3 cm³/mol. The van der Waals surface area contributed by atoms with Crippen molar-refractivity contribution in [1.82, 2.24) is 19.6 Å². The summed E-state index contributed by atoms with van der Waals surface area (Å²) in [7, 11) is 2.08. The molecule has 132 valence electrons. The van der Waals surface area contributed by atoms with Crippen molar-refractivity contribution in [3.05, 3.63) is 51.8 Å². The summed E-state index contributed by atoms with van der Waals surface area (Å²) >= 11 is 3.45. The number of piperazine rings is 1. The normalized spacial score (nSPS) is 21.2. The molecule has 1 amide bonds. The first-order valence-electron chi connectivity index (χ1n) is 8.52. The fourth-order valence-corrected chi connectivity index (χ4v) is 3.54. The maximum Gasteiger partial charge on any atom is 0.274 e. The average molecular weight is 405 g/mol. The topological polar surface area (TPSA) is 50.6 Å². The van der Waals surface area contributed by atoms with Gasteiger partial charge < -0.3 is 14.5 Å². The van der Waals surface area contributed by atoms with E-state index in [0.717, 1.165) is 41.9 Å². The third kappa shape index (κ3) is 3.49. The molecule has 0 N–H and O–H groups in total. The molecule has 1 fully saturated rings. The molecule has 7 heteroatoms. The molecule has 4 rings (SSSR count). The van der Waals surface area contributed by atoms with E-state index < -0.39 is 0 Å². The molecule has 0 bridgehead atoms. The molecule has 0 spiro atoms. The predicted octanol–water partition coefficient (Wildman–Crippen LogP) is 2.30. The number of nitrogens with zero attached hydrogens (tertiary/aromatic N) is 4. The fourth-order valence-electron chi connectivity index (χ4n) is 3.28. The third-order valence-electron chi connectivity index (χ3n) is 4.89. The molecular formula is C18H21BrN4O2. The minimum absolute atomic E-state index is 0.0233. The lowest BCUT2D eigenvalue weighted by atomic mass is 10.1. The molecule has 1 aromatic carbocycles. The Morgan fingerprint density at radius 3 is 2.64 bits per heavy atom. The molecule has 1 atom stereocenters. The standard InChI is InChI=1S/C18H21BrN4O2/c1-21-6-8-22(9-7-21)18(24)16-10-15-12-25-17(11-23(15)20-16)13-2-4-14(19)5-3-13/h2-5,10,17H,6-9,11-12H2,1H3. The van der Waals surface area contributed by atoms with Crippen molar-refractivity contribution in [2.75, 3.05) is 33.2 Å². The van der Waals surface area contributed by atoms with E-state index in [4.69, 9.17) is 4.74 Å². The Bertz CT molecular complexity index is 766. The van der Waals surface area contributed by atoms with Crippen LogP contribution in [0.2, 0.25) is 0 Å². The van der Waals surface area contributed by atoms with Gasteiger partial charge in [0.15, 0.2) is 5.69 Å². The van der Waals surface area contributed by atoms with Gasteiger partial charge in [0, 0.05) is 30.7 Å². The van der Waals surface area contributed by atoms with Crippen molar-refractivity contribution in [3.8, 4) is 0 Å². The van der Waals surface area contributed by atoms with Crippen molar-refractivity contribution in [3.63, 3.8) is 0 Å². The number of hydrogen-bond acceptors (Lipinski definition) is 4. The summed E-state index contributed by atoms with van der Waals surface area (Å²) in [5.74, 6) is 0.0233. The lowest BCUT2D eigenvalue weighted by Gasteiger charge is -2.31. The molecule has 1 saturated heterocycles. The van der Waals surface area contributed by atoms with E-state index in [9.17, 15) is 4.79 Å². The zero-order valence-electron chi connectivity index (χ0n) is 14.2. The zero-order chi connectivity index (χ0) is 17.4. The number of fused-ring (bicyclic) bond motifs is 1. The van der Waals surface area contributed by atoms with E-state index >= 15 is 0 Å². The van der Waals surface area contributed by atoms with E-state index in [0.29, 0.717) is 18.8 Å². The Labute approximate surface area is 155 Å². The fraction of sp³-hybridized carbons (Fsp3) is 0.444. The molecule has 1 unspecified atom stereocenters. The molecule has 25 heavy (non-hydrogen) atoms. The first-order chi connectivity index (χ1) is 12.1. The molecule has 6 nitrogen and oxygen atoms in total. The van der Waals surface area contributed by atoms with Crippen LogP contribution >= 0.6 is 15.9 Å². The largest absolute Gasteiger partial charge is 0.365 e. The second-order valence-corrected chi connectivity index (χ2v) is 7.57. The quantitative estimate of drug-likeness (QED) is 0.770. The van der Waals surface area contributed by atoms with Gasteiger partial charge in [0.05, 0.1) is 18.8 Å². The van der Waals surface area contributed by atoms with Gasteiger partial charge in [-0.15, -0.1) is 0 Å². The average Bonchev–Trinajstić information content (AvgIpc) is 3.05. The number of ether oxygens (including phenoxy) is 1. The Kier molecular flexibility index (Phi) is 4.62. The Morgan fingerprint density at radius 2 is 1.92 bits per heavy atom. The van der Waals surface area contributed by atoms with Crippen LogP contribution in [0.4, 0.5) is 0 Å². The summed E-state index contributed by atoms with van der Waals surface area (Å²) in [5, 5.41) is 4.56. The number of rotatable bonds is 2. The summed E-state index contributed by atoms with van der Waals surface area (Å²) in [4.78, 5) is 16.8. The minimum Gasteiger partial charge on any atom is -0.365 e. The van der Waals surface area contributed by atoms with Crippen LogP contribution in [-0.4, -0.2) is 58.7 Å². The highest BCUT2D eigenvalue weighted by atomic mass is 79.9. The molecule has 3 heterocycles. The molecule has 2 aliphatic heterocycles. The van der Waals surface area contributed by atoms with Crippen molar-refractivity contribution in [2.45, 2.75) is 19.3 Å². The van der Waals surface area contributed by atoms with E-state index in [1.807, 2.05) is 27.8 Å². The highest BCUT2D eigenvalue weighted by molar-refractivity contribution is 9.10. The first-order valence-corrected chi connectivity index (χ1v) is 9.31. The number of amides is 1. The van der Waals surface area contributed by atoms with Gasteiger partial charge in [-0.05, 0) is 30.8 Å². The molecule has 0 radical (unpaired) electrons. The van der Waals surface area contributed by atoms with Crippen LogP contribution in [0.3, 0.4) is 0 Å². The highest BCUT2D eigenvalue weighted by Gasteiger charge is 2.27. The number of aromatic nitrogens is 2. The molecule has 0 aliphatic carbocycles. The number of carbonyl (C=O) groups is 1. The SMILES string of the molecule is CN1CCN(C(=O)c2cc3n(n2)CC(c2ccc(Br)cc2)OC3)CC1. The zero-order valence-corrected chi connectivity index (χ0v) is 15.8. The van der Waals surface area contributed by atoms with Gasteiger partial charge in [-0.2, -0.15) is 5.10 Å². The van der Waals surface area contributed by atoms with Gasteiger partial charge in [0.2, 0.25) is 0 Å². The maximum absolute atomic E-state index is 12.7. The van der Waals surface area contributed by atoms with Gasteiger partial charge in [-0.25, -0.2) is 0 Å². The van der Waals surface area contributed by atoms with Crippen molar-refractivity contribution in [1.29, 1.82) is 0 Å². The first kappa shape index (κ1) is 16.8. The van der Waals surface area contributed by atoms with E-state index in [-0.39, 0.29) is 12.0 Å². The van der Waals surface area contributed by atoms with Crippen LogP contribution in [0.1, 0.15) is 27.8 Å². The second-order valence-electron chi connectivity index (χ2n) is 6.65. The minimum atomic E-state index is -0.0351. The summed E-state index contributed by atoms with van der Waals surface area (Å²) in [6, 6.07) is 10.0. The molecule has 1 aromatic heterocycles. The molecule has 2 aromatic rings. The van der Waals surface area contributed by atoms with Crippen LogP contribution in [0.15, 0.2) is 34.8 Å². The summed E-state index contributed by atoms with van der Waals surface area (Å²) in [6.45, 7) is 4.45. The van der Waals surface area contributed by atoms with Crippen molar-refractivity contribution in [2.24, 2.45) is 0 Å². The number of halogens is 1. The van der Waals surface area contributed by atoms with Crippen LogP contribution in [0.25, 0.3) is 0 Å².